The Balaban J connectivity index is 1.64. The minimum atomic E-state index is 0.0354. The van der Waals surface area contributed by atoms with Crippen LogP contribution in [0.15, 0.2) is 26.4 Å². The predicted octanol–water partition coefficient (Wildman–Crippen LogP) is 4.32. The highest BCUT2D eigenvalue weighted by molar-refractivity contribution is 8.01. The molecule has 0 radical (unpaired) electrons. The van der Waals surface area contributed by atoms with Gasteiger partial charge >= 0.3 is 0 Å². The van der Waals surface area contributed by atoms with Gasteiger partial charge in [-0.25, -0.2) is 0 Å². The molecular formula is C13H15N5OS3. The molecule has 3 rings (SSSR count). The van der Waals surface area contributed by atoms with Gasteiger partial charge in [0.05, 0.1) is 10.1 Å². The highest BCUT2D eigenvalue weighted by Gasteiger charge is 2.19. The number of hydrogen-bond acceptors (Lipinski definition) is 9. The first-order valence-corrected chi connectivity index (χ1v) is 9.45. The fourth-order valence-electron chi connectivity index (χ4n) is 1.67. The van der Waals surface area contributed by atoms with Crippen LogP contribution in [0.1, 0.15) is 31.4 Å². The molecule has 1 N–H and O–H groups in total. The van der Waals surface area contributed by atoms with Crippen LogP contribution in [0.2, 0.25) is 0 Å². The van der Waals surface area contributed by atoms with E-state index in [1.165, 1.54) is 0 Å². The predicted molar refractivity (Wildman–Crippen MR) is 90.6 cm³/mol. The third kappa shape index (κ3) is 3.65. The van der Waals surface area contributed by atoms with Crippen LogP contribution in [-0.4, -0.2) is 26.9 Å². The van der Waals surface area contributed by atoms with Crippen molar-refractivity contribution in [1.82, 2.24) is 20.3 Å². The number of thiophene rings is 1. The van der Waals surface area contributed by atoms with Crippen molar-refractivity contribution in [2.45, 2.75) is 29.9 Å². The summed E-state index contributed by atoms with van der Waals surface area (Å²) in [5, 5.41) is 18.4. The van der Waals surface area contributed by atoms with E-state index in [4.69, 9.17) is 4.52 Å². The summed E-state index contributed by atoms with van der Waals surface area (Å²) in [5.74, 6) is 1.24. The van der Waals surface area contributed by atoms with Gasteiger partial charge in [0, 0.05) is 6.54 Å². The number of nitrogens with zero attached hydrogens (tertiary/aromatic N) is 4. The summed E-state index contributed by atoms with van der Waals surface area (Å²) < 4.78 is 6.25. The molecule has 0 aliphatic rings. The molecule has 3 aromatic rings. The first kappa shape index (κ1) is 15.4. The molecule has 0 bridgehead atoms. The molecule has 116 valence electrons. The largest absolute Gasteiger partial charge is 0.360 e. The van der Waals surface area contributed by atoms with Crippen molar-refractivity contribution in [3.8, 4) is 10.7 Å². The number of rotatable bonds is 7. The normalized spacial score (nSPS) is 12.5. The molecular weight excluding hydrogens is 338 g/mol. The van der Waals surface area contributed by atoms with Gasteiger partial charge in [-0.05, 0) is 24.8 Å². The first-order chi connectivity index (χ1) is 10.8. The van der Waals surface area contributed by atoms with Crippen molar-refractivity contribution in [3.63, 3.8) is 0 Å². The summed E-state index contributed by atoms with van der Waals surface area (Å²) in [7, 11) is 0. The number of aromatic nitrogens is 4. The zero-order valence-corrected chi connectivity index (χ0v) is 14.6. The molecule has 0 spiro atoms. The van der Waals surface area contributed by atoms with Crippen molar-refractivity contribution in [2.75, 3.05) is 11.9 Å². The van der Waals surface area contributed by atoms with Crippen LogP contribution in [0.4, 0.5) is 5.13 Å². The molecule has 0 aliphatic heterocycles. The zero-order valence-electron chi connectivity index (χ0n) is 12.1. The Kier molecular flexibility index (Phi) is 5.06. The molecule has 1 unspecified atom stereocenters. The third-order valence-electron chi connectivity index (χ3n) is 2.74. The summed E-state index contributed by atoms with van der Waals surface area (Å²) in [5.41, 5.74) is 0. The van der Waals surface area contributed by atoms with Crippen LogP contribution in [-0.2, 0) is 0 Å². The quantitative estimate of drug-likeness (QED) is 0.634. The number of hydrogen-bond donors (Lipinski definition) is 1. The van der Waals surface area contributed by atoms with Gasteiger partial charge < -0.3 is 9.84 Å². The van der Waals surface area contributed by atoms with Crippen molar-refractivity contribution in [2.24, 2.45) is 0 Å². The molecule has 0 aromatic carbocycles. The molecule has 3 heterocycles. The Hall–Kier alpha value is -1.45. The van der Waals surface area contributed by atoms with Gasteiger partial charge in [-0.3, -0.25) is 0 Å². The molecule has 1 atom stereocenters. The van der Waals surface area contributed by atoms with Crippen molar-refractivity contribution in [3.05, 3.63) is 23.4 Å². The van der Waals surface area contributed by atoms with Crippen molar-refractivity contribution >= 4 is 39.6 Å². The maximum absolute atomic E-state index is 5.36. The molecule has 0 fully saturated rings. The third-order valence-corrected chi connectivity index (χ3v) is 5.66. The van der Waals surface area contributed by atoms with Crippen LogP contribution in [0.3, 0.4) is 0 Å². The lowest BCUT2D eigenvalue weighted by Gasteiger charge is -2.01. The van der Waals surface area contributed by atoms with Gasteiger partial charge in [0.2, 0.25) is 16.8 Å². The van der Waals surface area contributed by atoms with Gasteiger partial charge in [0.15, 0.2) is 4.34 Å². The molecule has 0 saturated heterocycles. The lowest BCUT2D eigenvalue weighted by Crippen LogP contribution is -1.98. The van der Waals surface area contributed by atoms with E-state index in [-0.39, 0.29) is 5.25 Å². The Morgan fingerprint density at radius 3 is 3.09 bits per heavy atom. The molecule has 0 aliphatic carbocycles. The monoisotopic (exact) mass is 353 g/mol. The minimum absolute atomic E-state index is 0.0354. The average molecular weight is 353 g/mol. The number of anilines is 1. The van der Waals surface area contributed by atoms with E-state index in [1.807, 2.05) is 24.4 Å². The summed E-state index contributed by atoms with van der Waals surface area (Å²) in [4.78, 5) is 5.47. The maximum atomic E-state index is 5.36. The van der Waals surface area contributed by atoms with E-state index >= 15 is 0 Å². The molecule has 9 heteroatoms. The fraction of sp³-hybridized carbons (Fsp3) is 0.385. The lowest BCUT2D eigenvalue weighted by atomic mass is 10.4. The molecule has 3 aromatic heterocycles. The van der Waals surface area contributed by atoms with E-state index in [9.17, 15) is 0 Å². The zero-order chi connectivity index (χ0) is 15.4. The van der Waals surface area contributed by atoms with E-state index in [1.54, 1.807) is 34.4 Å². The van der Waals surface area contributed by atoms with E-state index in [0.717, 1.165) is 27.3 Å². The summed E-state index contributed by atoms with van der Waals surface area (Å²) in [6, 6.07) is 3.95. The summed E-state index contributed by atoms with van der Waals surface area (Å²) in [6.45, 7) is 5.05. The number of thioether (sulfide) groups is 1. The second kappa shape index (κ2) is 7.21. The highest BCUT2D eigenvalue weighted by atomic mass is 32.2. The van der Waals surface area contributed by atoms with Crippen LogP contribution in [0, 0.1) is 0 Å². The van der Waals surface area contributed by atoms with Crippen LogP contribution < -0.4 is 5.32 Å². The Morgan fingerprint density at radius 1 is 1.41 bits per heavy atom. The smallest absolute Gasteiger partial charge is 0.240 e. The van der Waals surface area contributed by atoms with Crippen LogP contribution in [0.25, 0.3) is 10.7 Å². The van der Waals surface area contributed by atoms with Crippen molar-refractivity contribution in [1.29, 1.82) is 0 Å². The Bertz CT molecular complexity index is 709. The average Bonchev–Trinajstić information content (AvgIpc) is 3.25. The lowest BCUT2D eigenvalue weighted by molar-refractivity contribution is 0.381. The van der Waals surface area contributed by atoms with E-state index in [2.05, 4.69) is 32.6 Å². The minimum Gasteiger partial charge on any atom is -0.360 e. The summed E-state index contributed by atoms with van der Waals surface area (Å²) >= 11 is 4.71. The van der Waals surface area contributed by atoms with Crippen LogP contribution in [0.5, 0.6) is 0 Å². The van der Waals surface area contributed by atoms with E-state index in [0.29, 0.717) is 11.7 Å². The maximum Gasteiger partial charge on any atom is 0.240 e. The van der Waals surface area contributed by atoms with Gasteiger partial charge in [-0.15, -0.1) is 21.5 Å². The second-order valence-electron chi connectivity index (χ2n) is 4.49. The second-order valence-corrected chi connectivity index (χ2v) is 8.01. The first-order valence-electron chi connectivity index (χ1n) is 6.87. The standard InChI is InChI=1S/C13H15N5OS3/c1-3-6-14-12-16-17-13(22-12)21-8(2)11-15-10(18-19-11)9-5-4-7-20-9/h4-5,7-8H,3,6H2,1-2H3,(H,14,16). The van der Waals surface area contributed by atoms with E-state index < -0.39 is 0 Å². The van der Waals surface area contributed by atoms with Gasteiger partial charge in [-0.2, -0.15) is 4.98 Å². The van der Waals surface area contributed by atoms with Gasteiger partial charge in [0.1, 0.15) is 0 Å². The topological polar surface area (TPSA) is 76.7 Å². The van der Waals surface area contributed by atoms with Gasteiger partial charge in [-0.1, -0.05) is 41.2 Å². The van der Waals surface area contributed by atoms with Crippen molar-refractivity contribution < 1.29 is 4.52 Å². The molecule has 0 saturated carbocycles. The molecule has 22 heavy (non-hydrogen) atoms. The number of nitrogens with one attached hydrogen (secondary N) is 1. The Labute approximate surface area is 140 Å². The fourth-order valence-corrected chi connectivity index (χ4v) is 4.27. The SMILES string of the molecule is CCCNc1nnc(SC(C)c2nc(-c3cccs3)no2)s1. The molecule has 6 nitrogen and oxygen atoms in total. The Morgan fingerprint density at radius 2 is 2.32 bits per heavy atom. The highest BCUT2D eigenvalue weighted by Crippen LogP contribution is 2.37. The van der Waals surface area contributed by atoms with Gasteiger partial charge in [0.25, 0.3) is 0 Å². The molecule has 0 amide bonds. The van der Waals surface area contributed by atoms with Crippen LogP contribution >= 0.6 is 34.4 Å². The summed E-state index contributed by atoms with van der Waals surface area (Å²) in [6.07, 6.45) is 1.06.